The molecule has 0 bridgehead atoms. The fourth-order valence-corrected chi connectivity index (χ4v) is 3.70. The second kappa shape index (κ2) is 7.55. The van der Waals surface area contributed by atoms with Crippen molar-refractivity contribution in [3.63, 3.8) is 0 Å². The van der Waals surface area contributed by atoms with Gasteiger partial charge in [-0.3, -0.25) is 19.5 Å². The smallest absolute Gasteiger partial charge is 0.411 e. The monoisotopic (exact) mass is 350 g/mol. The Balaban J connectivity index is 1.52. The molecule has 2 fully saturated rings. The predicted octanol–water partition coefficient (Wildman–Crippen LogP) is -0.277. The summed E-state index contributed by atoms with van der Waals surface area (Å²) in [6.45, 7) is 4.65. The molecule has 2 unspecified atom stereocenters. The van der Waals surface area contributed by atoms with Gasteiger partial charge in [-0.05, 0) is 6.42 Å². The molecule has 0 aromatic carbocycles. The number of ether oxygens (including phenoxy) is 1. The number of piperazine rings is 1. The number of carbonyl (C=O) groups is 2. The van der Waals surface area contributed by atoms with Crippen molar-refractivity contribution in [1.29, 1.82) is 0 Å². The minimum absolute atomic E-state index is 0.0822. The highest BCUT2D eigenvalue weighted by Gasteiger charge is 2.44. The van der Waals surface area contributed by atoms with Crippen LogP contribution in [0.2, 0.25) is 0 Å². The van der Waals surface area contributed by atoms with Crippen molar-refractivity contribution >= 4 is 12.1 Å². The second-order valence-corrected chi connectivity index (χ2v) is 6.89. The first-order chi connectivity index (χ1) is 12.0. The average molecular weight is 350 g/mol. The second-order valence-electron chi connectivity index (χ2n) is 6.89. The number of aliphatic carboxylic acids is 1. The first-order valence-electron chi connectivity index (χ1n) is 8.71. The van der Waals surface area contributed by atoms with E-state index in [0.717, 1.165) is 26.2 Å². The van der Waals surface area contributed by atoms with Crippen molar-refractivity contribution in [2.75, 3.05) is 52.4 Å². The first-order valence-corrected chi connectivity index (χ1v) is 8.71. The third kappa shape index (κ3) is 4.02. The number of allylic oxidation sites excluding steroid dienone is 2. The van der Waals surface area contributed by atoms with E-state index >= 15 is 0 Å². The standard InChI is InChI=1S/C17H26N4O4/c18-13-17(4-2-1-3-5-17)21-11-14(25-16(21)24)10-19-6-8-20(9-7-19)12-15(22)23/h1-4,14H,5-13,18H2,(H,22,23). The molecule has 25 heavy (non-hydrogen) atoms. The Kier molecular flexibility index (Phi) is 5.41. The van der Waals surface area contributed by atoms with Gasteiger partial charge >= 0.3 is 12.1 Å². The molecule has 3 aliphatic rings. The summed E-state index contributed by atoms with van der Waals surface area (Å²) in [6.07, 6.45) is 8.12. The van der Waals surface area contributed by atoms with Crippen molar-refractivity contribution in [3.8, 4) is 0 Å². The molecule has 3 N–H and O–H groups in total. The lowest BCUT2D eigenvalue weighted by atomic mass is 9.89. The Hall–Kier alpha value is -1.90. The molecule has 8 nitrogen and oxygen atoms in total. The largest absolute Gasteiger partial charge is 0.480 e. The number of carbonyl (C=O) groups excluding carboxylic acids is 1. The zero-order valence-corrected chi connectivity index (χ0v) is 14.3. The van der Waals surface area contributed by atoms with Crippen molar-refractivity contribution in [1.82, 2.24) is 14.7 Å². The molecule has 1 amide bonds. The number of rotatable bonds is 6. The van der Waals surface area contributed by atoms with E-state index in [9.17, 15) is 9.59 Å². The Morgan fingerprint density at radius 2 is 2.00 bits per heavy atom. The third-order valence-electron chi connectivity index (χ3n) is 5.18. The number of carboxylic acid groups (broad SMARTS) is 1. The number of nitrogens with zero attached hydrogens (tertiary/aromatic N) is 3. The summed E-state index contributed by atoms with van der Waals surface area (Å²) in [5.41, 5.74) is 5.48. The predicted molar refractivity (Wildman–Crippen MR) is 92.2 cm³/mol. The lowest BCUT2D eigenvalue weighted by Crippen LogP contribution is -2.54. The Morgan fingerprint density at radius 1 is 1.28 bits per heavy atom. The average Bonchev–Trinajstić information content (AvgIpc) is 2.98. The third-order valence-corrected chi connectivity index (χ3v) is 5.18. The Labute approximate surface area is 147 Å². The van der Waals surface area contributed by atoms with Gasteiger partial charge in [-0.15, -0.1) is 0 Å². The van der Waals surface area contributed by atoms with Crippen LogP contribution >= 0.6 is 0 Å². The van der Waals surface area contributed by atoms with Gasteiger partial charge < -0.3 is 15.6 Å². The fourth-order valence-electron chi connectivity index (χ4n) is 3.70. The minimum Gasteiger partial charge on any atom is -0.480 e. The number of amides is 1. The van der Waals surface area contributed by atoms with Gasteiger partial charge in [0.2, 0.25) is 0 Å². The van der Waals surface area contributed by atoms with Crippen LogP contribution in [0.1, 0.15) is 6.42 Å². The maximum Gasteiger partial charge on any atom is 0.411 e. The van der Waals surface area contributed by atoms with E-state index in [1.807, 2.05) is 29.2 Å². The molecule has 138 valence electrons. The summed E-state index contributed by atoms with van der Waals surface area (Å²) in [7, 11) is 0. The van der Waals surface area contributed by atoms with Crippen LogP contribution in [0.4, 0.5) is 4.79 Å². The van der Waals surface area contributed by atoms with E-state index in [1.165, 1.54) is 0 Å². The zero-order valence-electron chi connectivity index (χ0n) is 14.3. The lowest BCUT2D eigenvalue weighted by molar-refractivity contribution is -0.138. The summed E-state index contributed by atoms with van der Waals surface area (Å²) in [4.78, 5) is 29.0. The number of hydrogen-bond donors (Lipinski definition) is 2. The van der Waals surface area contributed by atoms with Crippen molar-refractivity contribution in [2.24, 2.45) is 5.73 Å². The van der Waals surface area contributed by atoms with Gasteiger partial charge in [0, 0.05) is 39.3 Å². The van der Waals surface area contributed by atoms with Crippen LogP contribution in [0, 0.1) is 0 Å². The Bertz CT molecular complexity index is 571. The topological polar surface area (TPSA) is 99.3 Å². The molecule has 2 saturated heterocycles. The van der Waals surface area contributed by atoms with Crippen LogP contribution in [0.25, 0.3) is 0 Å². The van der Waals surface area contributed by atoms with Gasteiger partial charge in [-0.2, -0.15) is 0 Å². The highest BCUT2D eigenvalue weighted by molar-refractivity contribution is 5.72. The summed E-state index contributed by atoms with van der Waals surface area (Å²) in [6, 6.07) is 0. The van der Waals surface area contributed by atoms with Crippen LogP contribution in [0.5, 0.6) is 0 Å². The first kappa shape index (κ1) is 17.9. The molecule has 0 aromatic heterocycles. The highest BCUT2D eigenvalue weighted by atomic mass is 16.6. The quantitative estimate of drug-likeness (QED) is 0.680. The molecule has 2 aliphatic heterocycles. The van der Waals surface area contributed by atoms with Gasteiger partial charge in [-0.1, -0.05) is 24.3 Å². The van der Waals surface area contributed by atoms with Crippen molar-refractivity contribution in [3.05, 3.63) is 24.3 Å². The van der Waals surface area contributed by atoms with E-state index in [0.29, 0.717) is 26.1 Å². The van der Waals surface area contributed by atoms with E-state index in [4.69, 9.17) is 15.6 Å². The maximum absolute atomic E-state index is 12.4. The molecule has 8 heteroatoms. The summed E-state index contributed by atoms with van der Waals surface area (Å²) >= 11 is 0. The van der Waals surface area contributed by atoms with Crippen LogP contribution in [0.3, 0.4) is 0 Å². The van der Waals surface area contributed by atoms with E-state index in [-0.39, 0.29) is 18.7 Å². The van der Waals surface area contributed by atoms with Crippen molar-refractivity contribution in [2.45, 2.75) is 18.1 Å². The molecular formula is C17H26N4O4. The van der Waals surface area contributed by atoms with Crippen LogP contribution in [-0.2, 0) is 9.53 Å². The summed E-state index contributed by atoms with van der Waals surface area (Å²) in [5, 5.41) is 8.85. The zero-order chi connectivity index (χ0) is 17.9. The number of carboxylic acids is 1. The molecule has 3 rings (SSSR count). The van der Waals surface area contributed by atoms with E-state index in [2.05, 4.69) is 4.90 Å². The lowest BCUT2D eigenvalue weighted by Gasteiger charge is -2.38. The van der Waals surface area contributed by atoms with Crippen LogP contribution in [0.15, 0.2) is 24.3 Å². The summed E-state index contributed by atoms with van der Waals surface area (Å²) in [5.74, 6) is -0.796. The molecule has 0 radical (unpaired) electrons. The van der Waals surface area contributed by atoms with Crippen LogP contribution in [-0.4, -0.2) is 95.9 Å². The number of hydrogen-bond acceptors (Lipinski definition) is 6. The maximum atomic E-state index is 12.4. The molecule has 0 aromatic rings. The van der Waals surface area contributed by atoms with Gasteiger partial charge in [0.25, 0.3) is 0 Å². The van der Waals surface area contributed by atoms with Crippen LogP contribution < -0.4 is 5.73 Å². The Morgan fingerprint density at radius 3 is 2.60 bits per heavy atom. The normalized spacial score (nSPS) is 30.7. The van der Waals surface area contributed by atoms with Gasteiger partial charge in [0.15, 0.2) is 0 Å². The van der Waals surface area contributed by atoms with E-state index in [1.54, 1.807) is 4.90 Å². The molecule has 0 saturated carbocycles. The fraction of sp³-hybridized carbons (Fsp3) is 0.647. The SMILES string of the molecule is NCC1(N2CC(CN3CCN(CC(=O)O)CC3)OC2=O)C=CC=CC1. The molecular weight excluding hydrogens is 324 g/mol. The number of nitrogens with two attached hydrogens (primary N) is 1. The van der Waals surface area contributed by atoms with Gasteiger partial charge in [-0.25, -0.2) is 4.79 Å². The van der Waals surface area contributed by atoms with Crippen molar-refractivity contribution < 1.29 is 19.4 Å². The highest BCUT2D eigenvalue weighted by Crippen LogP contribution is 2.29. The van der Waals surface area contributed by atoms with Gasteiger partial charge in [0.05, 0.1) is 18.6 Å². The molecule has 2 atom stereocenters. The summed E-state index contributed by atoms with van der Waals surface area (Å²) < 4.78 is 5.57. The van der Waals surface area contributed by atoms with Gasteiger partial charge in [0.1, 0.15) is 6.10 Å². The van der Waals surface area contributed by atoms with E-state index < -0.39 is 11.5 Å². The minimum atomic E-state index is -0.796. The number of cyclic esters (lactones) is 1. The molecule has 2 heterocycles. The molecule has 1 aliphatic carbocycles. The molecule has 0 spiro atoms.